The minimum atomic E-state index is -1.14. The third-order valence-electron chi connectivity index (χ3n) is 2.79. The number of aromatic nitrogens is 5. The van der Waals surface area contributed by atoms with Crippen LogP contribution >= 0.6 is 0 Å². The fraction of sp³-hybridized carbons (Fsp3) is 0.500. The number of hydrogen-bond donors (Lipinski definition) is 1. The molecule has 0 spiro atoms. The van der Waals surface area contributed by atoms with E-state index in [2.05, 4.69) is 15.2 Å². The molecule has 2 heterocycles. The number of carboxylic acid groups (broad SMARTS) is 1. The molecule has 2 rings (SSSR count). The van der Waals surface area contributed by atoms with Crippen LogP contribution in [-0.4, -0.2) is 35.6 Å². The average molecular weight is 263 g/mol. The van der Waals surface area contributed by atoms with Gasteiger partial charge in [-0.05, 0) is 6.92 Å². The Morgan fingerprint density at radius 2 is 1.95 bits per heavy atom. The van der Waals surface area contributed by atoms with Crippen molar-refractivity contribution in [1.29, 1.82) is 0 Å². The first kappa shape index (κ1) is 13.3. The molecule has 0 aliphatic carbocycles. The van der Waals surface area contributed by atoms with Crippen molar-refractivity contribution in [2.75, 3.05) is 0 Å². The van der Waals surface area contributed by atoms with Crippen molar-refractivity contribution in [3.8, 4) is 5.82 Å². The van der Waals surface area contributed by atoms with E-state index in [-0.39, 0.29) is 11.2 Å². The number of carbonyl (C=O) groups is 1. The van der Waals surface area contributed by atoms with Gasteiger partial charge in [-0.2, -0.15) is 9.78 Å². The Bertz CT molecular complexity index is 614. The molecular formula is C12H17N5O2. The van der Waals surface area contributed by atoms with E-state index in [4.69, 9.17) is 5.11 Å². The summed E-state index contributed by atoms with van der Waals surface area (Å²) < 4.78 is 3.21. The van der Waals surface area contributed by atoms with Crippen molar-refractivity contribution in [1.82, 2.24) is 24.5 Å². The second-order valence-corrected chi connectivity index (χ2v) is 5.49. The summed E-state index contributed by atoms with van der Waals surface area (Å²) in [4.78, 5) is 15.1. The lowest BCUT2D eigenvalue weighted by molar-refractivity contribution is 0.0683. The molecule has 0 saturated heterocycles. The molecule has 0 radical (unpaired) electrons. The Morgan fingerprint density at radius 3 is 2.37 bits per heavy atom. The van der Waals surface area contributed by atoms with Gasteiger partial charge < -0.3 is 5.11 Å². The summed E-state index contributed by atoms with van der Waals surface area (Å²) >= 11 is 0. The van der Waals surface area contributed by atoms with Gasteiger partial charge in [0.15, 0.2) is 5.82 Å². The molecule has 0 aliphatic rings. The van der Waals surface area contributed by atoms with Gasteiger partial charge in [0.05, 0.1) is 0 Å². The zero-order valence-corrected chi connectivity index (χ0v) is 11.7. The lowest BCUT2D eigenvalue weighted by Crippen LogP contribution is -2.19. The van der Waals surface area contributed by atoms with E-state index in [1.165, 1.54) is 4.68 Å². The van der Waals surface area contributed by atoms with Crippen LogP contribution in [0.5, 0.6) is 0 Å². The van der Waals surface area contributed by atoms with Gasteiger partial charge in [0.2, 0.25) is 0 Å². The minimum absolute atomic E-state index is 0.215. The standard InChI is InChI=1S/C12H17N5O2/c1-7-6-8(14-16(7)5)17-11(12(2,3)4)13-9(15-17)10(18)19/h6H,1-5H3,(H,18,19). The van der Waals surface area contributed by atoms with Crippen molar-refractivity contribution in [2.45, 2.75) is 33.1 Å². The Labute approximate surface area is 110 Å². The number of rotatable bonds is 2. The van der Waals surface area contributed by atoms with Gasteiger partial charge in [-0.15, -0.1) is 5.10 Å². The van der Waals surface area contributed by atoms with Crippen molar-refractivity contribution < 1.29 is 9.90 Å². The first-order chi connectivity index (χ1) is 8.70. The Balaban J connectivity index is 2.64. The summed E-state index contributed by atoms with van der Waals surface area (Å²) in [5, 5.41) is 17.4. The van der Waals surface area contributed by atoms with E-state index in [0.717, 1.165) is 5.69 Å². The van der Waals surface area contributed by atoms with Gasteiger partial charge in [0.25, 0.3) is 5.82 Å². The monoisotopic (exact) mass is 263 g/mol. The van der Waals surface area contributed by atoms with Gasteiger partial charge >= 0.3 is 5.97 Å². The van der Waals surface area contributed by atoms with E-state index < -0.39 is 5.97 Å². The van der Waals surface area contributed by atoms with Crippen LogP contribution < -0.4 is 0 Å². The second-order valence-electron chi connectivity index (χ2n) is 5.49. The summed E-state index contributed by atoms with van der Waals surface area (Å²) in [7, 11) is 1.82. The minimum Gasteiger partial charge on any atom is -0.475 e. The van der Waals surface area contributed by atoms with Crippen LogP contribution in [-0.2, 0) is 12.5 Å². The molecule has 0 fully saturated rings. The Morgan fingerprint density at radius 1 is 1.32 bits per heavy atom. The number of nitrogens with zero attached hydrogens (tertiary/aromatic N) is 5. The van der Waals surface area contributed by atoms with Crippen molar-refractivity contribution in [2.24, 2.45) is 7.05 Å². The third kappa shape index (κ3) is 2.35. The predicted molar refractivity (Wildman–Crippen MR) is 68.5 cm³/mol. The summed E-state index contributed by atoms with van der Waals surface area (Å²) in [6, 6.07) is 1.84. The first-order valence-corrected chi connectivity index (χ1v) is 5.92. The van der Waals surface area contributed by atoms with E-state index in [9.17, 15) is 4.79 Å². The molecular weight excluding hydrogens is 246 g/mol. The van der Waals surface area contributed by atoms with Crippen molar-refractivity contribution in [3.63, 3.8) is 0 Å². The average Bonchev–Trinajstić information content (AvgIpc) is 2.82. The lowest BCUT2D eigenvalue weighted by Gasteiger charge is -2.16. The molecule has 2 aromatic heterocycles. The smallest absolute Gasteiger partial charge is 0.375 e. The summed E-state index contributed by atoms with van der Waals surface area (Å²) in [6.45, 7) is 7.78. The van der Waals surface area contributed by atoms with Gasteiger partial charge in [0, 0.05) is 24.2 Å². The maximum Gasteiger partial charge on any atom is 0.375 e. The summed E-state index contributed by atoms with van der Waals surface area (Å²) in [5.41, 5.74) is 0.633. The largest absolute Gasteiger partial charge is 0.475 e. The van der Waals surface area contributed by atoms with Gasteiger partial charge in [-0.3, -0.25) is 4.68 Å². The molecule has 2 aromatic rings. The molecule has 7 heteroatoms. The molecule has 19 heavy (non-hydrogen) atoms. The normalized spacial score (nSPS) is 11.8. The number of aryl methyl sites for hydroxylation is 2. The topological polar surface area (TPSA) is 85.8 Å². The molecule has 0 amide bonds. The molecule has 7 nitrogen and oxygen atoms in total. The third-order valence-corrected chi connectivity index (χ3v) is 2.79. The zero-order valence-electron chi connectivity index (χ0n) is 11.7. The van der Waals surface area contributed by atoms with Crippen LogP contribution in [0.3, 0.4) is 0 Å². The molecule has 0 unspecified atom stereocenters. The van der Waals surface area contributed by atoms with E-state index >= 15 is 0 Å². The number of hydrogen-bond acceptors (Lipinski definition) is 4. The summed E-state index contributed by atoms with van der Waals surface area (Å²) in [6.07, 6.45) is 0. The molecule has 0 atom stereocenters. The van der Waals surface area contributed by atoms with Crippen molar-refractivity contribution in [3.05, 3.63) is 23.4 Å². The molecule has 0 bridgehead atoms. The highest BCUT2D eigenvalue weighted by molar-refractivity contribution is 5.83. The van der Waals surface area contributed by atoms with Crippen LogP contribution in [0.15, 0.2) is 6.07 Å². The highest BCUT2D eigenvalue weighted by atomic mass is 16.4. The SMILES string of the molecule is Cc1cc(-n2nc(C(=O)O)nc2C(C)(C)C)nn1C. The van der Waals surface area contributed by atoms with Crippen molar-refractivity contribution >= 4 is 5.97 Å². The highest BCUT2D eigenvalue weighted by Gasteiger charge is 2.27. The fourth-order valence-electron chi connectivity index (χ4n) is 1.69. The van der Waals surface area contributed by atoms with Gasteiger partial charge in [0.1, 0.15) is 5.82 Å². The van der Waals surface area contributed by atoms with Crippen LogP contribution in [0.2, 0.25) is 0 Å². The van der Waals surface area contributed by atoms with E-state index in [1.54, 1.807) is 4.68 Å². The molecule has 1 N–H and O–H groups in total. The molecule has 102 valence electrons. The van der Waals surface area contributed by atoms with Crippen LogP contribution in [0.25, 0.3) is 5.82 Å². The van der Waals surface area contributed by atoms with Crippen LogP contribution in [0.1, 0.15) is 42.9 Å². The van der Waals surface area contributed by atoms with E-state index in [0.29, 0.717) is 11.6 Å². The van der Waals surface area contributed by atoms with Gasteiger partial charge in [-0.25, -0.2) is 9.78 Å². The van der Waals surface area contributed by atoms with Gasteiger partial charge in [-0.1, -0.05) is 20.8 Å². The predicted octanol–water partition coefficient (Wildman–Crippen LogP) is 1.30. The maximum absolute atomic E-state index is 11.0. The Hall–Kier alpha value is -2.18. The second kappa shape index (κ2) is 4.18. The maximum atomic E-state index is 11.0. The lowest BCUT2D eigenvalue weighted by atomic mass is 9.96. The number of aromatic carboxylic acids is 1. The molecule has 0 saturated carbocycles. The zero-order chi connectivity index (χ0) is 14.4. The number of carboxylic acids is 1. The van der Waals surface area contributed by atoms with Crippen LogP contribution in [0, 0.1) is 6.92 Å². The summed E-state index contributed by atoms with van der Waals surface area (Å²) in [5.74, 6) is -0.210. The highest BCUT2D eigenvalue weighted by Crippen LogP contribution is 2.23. The Kier molecular flexibility index (Phi) is 2.92. The van der Waals surface area contributed by atoms with E-state index in [1.807, 2.05) is 40.8 Å². The fourth-order valence-corrected chi connectivity index (χ4v) is 1.69. The molecule has 0 aliphatic heterocycles. The first-order valence-electron chi connectivity index (χ1n) is 5.92. The van der Waals surface area contributed by atoms with Crippen LogP contribution in [0.4, 0.5) is 0 Å². The quantitative estimate of drug-likeness (QED) is 0.882. The molecule has 0 aromatic carbocycles.